The fraction of sp³-hybridized carbons (Fsp3) is 0.0769. The third kappa shape index (κ3) is 3.97. The smallest absolute Gasteiger partial charge is 0.267 e. The van der Waals surface area contributed by atoms with Gasteiger partial charge in [-0.3, -0.25) is 4.79 Å². The summed E-state index contributed by atoms with van der Waals surface area (Å²) in [5, 5.41) is 4.40. The first-order valence-electron chi connectivity index (χ1n) is 5.53. The summed E-state index contributed by atoms with van der Waals surface area (Å²) < 4.78 is 2.36. The largest absolute Gasteiger partial charge is 0.272 e. The van der Waals surface area contributed by atoms with E-state index in [0.717, 1.165) is 5.56 Å². The zero-order valence-corrected chi connectivity index (χ0v) is 14.9. The summed E-state index contributed by atoms with van der Waals surface area (Å²) in [4.78, 5) is 11.9. The molecule has 2 rings (SSSR count). The van der Waals surface area contributed by atoms with Crippen molar-refractivity contribution in [2.75, 3.05) is 6.26 Å². The Morgan fingerprint density at radius 1 is 1.50 bits per heavy atom. The van der Waals surface area contributed by atoms with E-state index in [-0.39, 0.29) is 5.91 Å². The van der Waals surface area contributed by atoms with Crippen LogP contribution in [0.2, 0.25) is 5.02 Å². The molecule has 0 saturated heterocycles. The van der Waals surface area contributed by atoms with E-state index in [1.54, 1.807) is 53.6 Å². The van der Waals surface area contributed by atoms with E-state index in [4.69, 9.17) is 11.6 Å². The van der Waals surface area contributed by atoms with Crippen LogP contribution in [0.3, 0.4) is 0 Å². The van der Waals surface area contributed by atoms with Crippen molar-refractivity contribution in [3.8, 4) is 0 Å². The molecule has 0 fully saturated rings. The Hall–Kier alpha value is -0.570. The number of carbonyl (C=O) groups excluding carboxylic acids is 1. The number of halogens is 2. The first-order valence-corrected chi connectivity index (χ1v) is 9.03. The van der Waals surface area contributed by atoms with Crippen molar-refractivity contribution in [2.45, 2.75) is 4.21 Å². The zero-order valence-electron chi connectivity index (χ0n) is 10.4. The molecule has 2 aromatic rings. The fourth-order valence-corrected chi connectivity index (χ4v) is 4.68. The van der Waals surface area contributed by atoms with Gasteiger partial charge in [0.1, 0.15) is 0 Å². The molecule has 0 atom stereocenters. The average Bonchev–Trinajstić information content (AvgIpc) is 2.79. The number of benzene rings is 1. The molecule has 7 heteroatoms. The summed E-state index contributed by atoms with van der Waals surface area (Å²) in [5.74, 6) is -0.317. The van der Waals surface area contributed by atoms with Crippen molar-refractivity contribution in [3.05, 3.63) is 49.4 Å². The summed E-state index contributed by atoms with van der Waals surface area (Å²) in [6.07, 6.45) is 3.67. The number of nitrogens with one attached hydrogen (secondary N) is 1. The molecular formula is C13H10ClIN2OS2. The quantitative estimate of drug-likeness (QED) is 0.332. The second kappa shape index (κ2) is 7.44. The van der Waals surface area contributed by atoms with Gasteiger partial charge in [-0.2, -0.15) is 5.10 Å². The second-order valence-corrected chi connectivity index (χ2v) is 8.10. The van der Waals surface area contributed by atoms with Crippen LogP contribution in [0.4, 0.5) is 0 Å². The minimum absolute atomic E-state index is 0.317. The van der Waals surface area contributed by atoms with Gasteiger partial charge in [-0.15, -0.1) is 23.1 Å². The lowest BCUT2D eigenvalue weighted by Gasteiger charge is -2.01. The highest BCUT2D eigenvalue weighted by molar-refractivity contribution is 14.1. The molecular weight excluding hydrogens is 427 g/mol. The highest BCUT2D eigenvalue weighted by Crippen LogP contribution is 2.30. The van der Waals surface area contributed by atoms with Gasteiger partial charge in [0, 0.05) is 5.56 Å². The van der Waals surface area contributed by atoms with E-state index < -0.39 is 0 Å². The summed E-state index contributed by atoms with van der Waals surface area (Å²) in [6.45, 7) is 0. The lowest BCUT2D eigenvalue weighted by atomic mass is 10.2. The Kier molecular flexibility index (Phi) is 5.88. The summed E-state index contributed by atoms with van der Waals surface area (Å²) in [7, 11) is 0. The van der Waals surface area contributed by atoms with E-state index in [0.29, 0.717) is 10.6 Å². The Morgan fingerprint density at radius 3 is 2.95 bits per heavy atom. The number of nitrogens with zero attached hydrogens (tertiary/aromatic N) is 1. The lowest BCUT2D eigenvalue weighted by Crippen LogP contribution is -2.17. The maximum atomic E-state index is 11.9. The maximum absolute atomic E-state index is 11.9. The van der Waals surface area contributed by atoms with Gasteiger partial charge >= 0.3 is 0 Å². The molecule has 0 spiro atoms. The highest BCUT2D eigenvalue weighted by Gasteiger charge is 2.08. The number of rotatable bonds is 4. The molecule has 20 heavy (non-hydrogen) atoms. The molecule has 3 nitrogen and oxygen atoms in total. The molecule has 0 aliphatic carbocycles. The molecule has 1 N–H and O–H groups in total. The van der Waals surface area contributed by atoms with Crippen LogP contribution >= 0.6 is 57.3 Å². The number of hydrogen-bond donors (Lipinski definition) is 1. The Balaban J connectivity index is 2.06. The van der Waals surface area contributed by atoms with E-state index in [9.17, 15) is 4.79 Å². The zero-order chi connectivity index (χ0) is 14.5. The predicted molar refractivity (Wildman–Crippen MR) is 95.3 cm³/mol. The average molecular weight is 437 g/mol. The van der Waals surface area contributed by atoms with Gasteiger partial charge in [0.15, 0.2) is 0 Å². The van der Waals surface area contributed by atoms with Gasteiger partial charge in [0.05, 0.1) is 23.9 Å². The van der Waals surface area contributed by atoms with Crippen LogP contribution in [-0.4, -0.2) is 18.4 Å². The second-order valence-electron chi connectivity index (χ2n) is 3.68. The van der Waals surface area contributed by atoms with Crippen molar-refractivity contribution < 1.29 is 4.79 Å². The molecule has 1 aromatic heterocycles. The van der Waals surface area contributed by atoms with Gasteiger partial charge in [0.2, 0.25) is 0 Å². The van der Waals surface area contributed by atoms with E-state index >= 15 is 0 Å². The van der Waals surface area contributed by atoms with Crippen LogP contribution in [0.5, 0.6) is 0 Å². The van der Waals surface area contributed by atoms with Crippen molar-refractivity contribution in [3.63, 3.8) is 0 Å². The van der Waals surface area contributed by atoms with Crippen LogP contribution in [-0.2, 0) is 0 Å². The predicted octanol–water partition coefficient (Wildman–Crippen LogP) is 4.49. The SMILES string of the molecule is CSc1sc(I)cc1/C=N\NC(=O)c1ccccc1Cl. The first-order chi connectivity index (χ1) is 9.61. The van der Waals surface area contributed by atoms with Crippen molar-refractivity contribution >= 4 is 69.4 Å². The van der Waals surface area contributed by atoms with Crippen molar-refractivity contribution in [1.29, 1.82) is 0 Å². The number of thiophene rings is 1. The number of carbonyl (C=O) groups is 1. The van der Waals surface area contributed by atoms with Crippen LogP contribution < -0.4 is 5.43 Å². The molecule has 0 aliphatic rings. The number of hydrogen-bond acceptors (Lipinski definition) is 4. The van der Waals surface area contributed by atoms with Gasteiger partial charge in [-0.05, 0) is 47.0 Å². The molecule has 0 aliphatic heterocycles. The lowest BCUT2D eigenvalue weighted by molar-refractivity contribution is 0.0955. The van der Waals surface area contributed by atoms with Crippen LogP contribution in [0.1, 0.15) is 15.9 Å². The number of amides is 1. The van der Waals surface area contributed by atoms with Gasteiger partial charge in [0.25, 0.3) is 5.91 Å². The molecule has 0 unspecified atom stereocenters. The monoisotopic (exact) mass is 436 g/mol. The molecule has 104 valence electrons. The van der Waals surface area contributed by atoms with Gasteiger partial charge in [-0.25, -0.2) is 5.43 Å². The Bertz CT molecular complexity index is 658. The third-order valence-corrected chi connectivity index (χ3v) is 5.76. The molecule has 1 aromatic carbocycles. The molecule has 0 saturated carbocycles. The van der Waals surface area contributed by atoms with E-state index in [1.807, 2.05) is 12.3 Å². The Morgan fingerprint density at radius 2 is 2.25 bits per heavy atom. The summed E-state index contributed by atoms with van der Waals surface area (Å²) in [5.41, 5.74) is 3.91. The summed E-state index contributed by atoms with van der Waals surface area (Å²) in [6, 6.07) is 8.90. The first kappa shape index (κ1) is 15.8. The minimum atomic E-state index is -0.317. The van der Waals surface area contributed by atoms with E-state index in [1.165, 1.54) is 7.09 Å². The van der Waals surface area contributed by atoms with Crippen LogP contribution in [0, 0.1) is 2.88 Å². The number of hydrazone groups is 1. The molecule has 1 heterocycles. The third-order valence-electron chi connectivity index (χ3n) is 2.37. The highest BCUT2D eigenvalue weighted by atomic mass is 127. The van der Waals surface area contributed by atoms with E-state index in [2.05, 4.69) is 33.1 Å². The maximum Gasteiger partial charge on any atom is 0.272 e. The van der Waals surface area contributed by atoms with Crippen molar-refractivity contribution in [1.82, 2.24) is 5.43 Å². The summed E-state index contributed by atoms with van der Waals surface area (Å²) >= 11 is 11.6. The standard InChI is InChI=1S/C13H10ClIN2OS2/c1-19-13-8(6-11(15)20-13)7-16-17-12(18)9-4-2-3-5-10(9)14/h2-7H,1H3,(H,17,18)/b16-7-. The van der Waals surface area contributed by atoms with Gasteiger partial charge in [-0.1, -0.05) is 23.7 Å². The normalized spacial score (nSPS) is 10.9. The van der Waals surface area contributed by atoms with Crippen LogP contribution in [0.15, 0.2) is 39.6 Å². The van der Waals surface area contributed by atoms with Crippen LogP contribution in [0.25, 0.3) is 0 Å². The fourth-order valence-electron chi connectivity index (χ4n) is 1.47. The number of thioether (sulfide) groups is 1. The molecule has 0 radical (unpaired) electrons. The topological polar surface area (TPSA) is 41.5 Å². The van der Waals surface area contributed by atoms with Gasteiger partial charge < -0.3 is 0 Å². The molecule has 0 bridgehead atoms. The minimum Gasteiger partial charge on any atom is -0.267 e. The molecule has 1 amide bonds. The Labute approximate surface area is 143 Å². The van der Waals surface area contributed by atoms with Crippen molar-refractivity contribution in [2.24, 2.45) is 5.10 Å².